The van der Waals surface area contributed by atoms with E-state index in [0.717, 1.165) is 0 Å². The van der Waals surface area contributed by atoms with Crippen LogP contribution in [0.4, 0.5) is 0 Å². The molecule has 144 valence electrons. The lowest BCUT2D eigenvalue weighted by atomic mass is 9.97. The van der Waals surface area contributed by atoms with Gasteiger partial charge in [-0.2, -0.15) is 0 Å². The normalized spacial score (nSPS) is 16.1. The fourth-order valence-corrected chi connectivity index (χ4v) is 3.08. The smallest absolute Gasteiger partial charge is 0.340 e. The van der Waals surface area contributed by atoms with Crippen LogP contribution in [-0.2, 0) is 19.1 Å². The Balaban J connectivity index is 1.54. The zero-order chi connectivity index (χ0) is 19.4. The Labute approximate surface area is 156 Å². The van der Waals surface area contributed by atoms with Crippen molar-refractivity contribution in [3.05, 3.63) is 30.2 Å². The Kier molecular flexibility index (Phi) is 5.68. The summed E-state index contributed by atoms with van der Waals surface area (Å²) in [5, 5.41) is 7.62. The number of esters is 2. The Morgan fingerprint density at radius 3 is 2.70 bits per heavy atom. The fraction of sp³-hybridized carbons (Fsp3) is 0.500. The predicted molar refractivity (Wildman–Crippen MR) is 93.8 cm³/mol. The van der Waals surface area contributed by atoms with Crippen molar-refractivity contribution in [1.29, 1.82) is 0 Å². The van der Waals surface area contributed by atoms with Gasteiger partial charge in [-0.3, -0.25) is 14.0 Å². The number of hydrogen-bond donors (Lipinski definition) is 0. The van der Waals surface area contributed by atoms with Gasteiger partial charge in [-0.25, -0.2) is 4.79 Å². The third-order valence-corrected chi connectivity index (χ3v) is 4.58. The van der Waals surface area contributed by atoms with Crippen LogP contribution in [0.15, 0.2) is 24.7 Å². The Bertz CT molecular complexity index is 841. The molecule has 1 atom stereocenters. The highest BCUT2D eigenvalue weighted by Gasteiger charge is 2.31. The third kappa shape index (κ3) is 4.24. The molecule has 27 heavy (non-hydrogen) atoms. The molecule has 0 bridgehead atoms. The summed E-state index contributed by atoms with van der Waals surface area (Å²) < 4.78 is 11.9. The largest absolute Gasteiger partial charge is 0.466 e. The first-order valence-corrected chi connectivity index (χ1v) is 8.95. The number of amides is 1. The number of carbonyl (C=O) groups excluding carboxylic acids is 3. The van der Waals surface area contributed by atoms with E-state index in [-0.39, 0.29) is 17.8 Å². The summed E-state index contributed by atoms with van der Waals surface area (Å²) in [6.07, 6.45) is 3.23. The summed E-state index contributed by atoms with van der Waals surface area (Å²) in [5.41, 5.74) is 0.920. The molecule has 0 aromatic carbocycles. The molecular formula is C18H22N4O5. The average molecular weight is 374 g/mol. The van der Waals surface area contributed by atoms with Crippen molar-refractivity contribution in [2.24, 2.45) is 5.92 Å². The molecule has 2 aromatic heterocycles. The lowest BCUT2D eigenvalue weighted by molar-refractivity contribution is -0.152. The predicted octanol–water partition coefficient (Wildman–Crippen LogP) is 1.08. The van der Waals surface area contributed by atoms with Gasteiger partial charge >= 0.3 is 11.9 Å². The maximum absolute atomic E-state index is 12.5. The van der Waals surface area contributed by atoms with E-state index in [9.17, 15) is 14.4 Å². The van der Waals surface area contributed by atoms with Crippen molar-refractivity contribution in [3.63, 3.8) is 0 Å². The minimum Gasteiger partial charge on any atom is -0.466 e. The summed E-state index contributed by atoms with van der Waals surface area (Å²) in [6.45, 7) is 4.56. The molecule has 1 unspecified atom stereocenters. The third-order valence-electron chi connectivity index (χ3n) is 4.58. The molecule has 0 spiro atoms. The van der Waals surface area contributed by atoms with Crippen LogP contribution in [0.5, 0.6) is 0 Å². The van der Waals surface area contributed by atoms with E-state index in [4.69, 9.17) is 9.47 Å². The molecule has 0 saturated carbocycles. The number of nitrogens with zero attached hydrogens (tertiary/aromatic N) is 4. The summed E-state index contributed by atoms with van der Waals surface area (Å²) in [6, 6.07) is 3.23. The van der Waals surface area contributed by atoms with Crippen molar-refractivity contribution in [3.8, 4) is 0 Å². The molecule has 0 aliphatic carbocycles. The first-order chi connectivity index (χ1) is 13.0. The molecule has 1 amide bonds. The lowest BCUT2D eigenvalue weighted by Crippen LogP contribution is -2.45. The van der Waals surface area contributed by atoms with Gasteiger partial charge in [0, 0.05) is 19.3 Å². The van der Waals surface area contributed by atoms with Gasteiger partial charge in [0.05, 0.1) is 18.1 Å². The van der Waals surface area contributed by atoms with Gasteiger partial charge < -0.3 is 14.4 Å². The van der Waals surface area contributed by atoms with E-state index in [1.807, 2.05) is 0 Å². The second-order valence-corrected chi connectivity index (χ2v) is 6.41. The Morgan fingerprint density at radius 1 is 1.26 bits per heavy atom. The molecule has 0 N–H and O–H groups in total. The van der Waals surface area contributed by atoms with E-state index in [1.165, 1.54) is 6.33 Å². The number of piperidine rings is 1. The molecule has 2 aromatic rings. The fourth-order valence-electron chi connectivity index (χ4n) is 3.08. The molecule has 0 radical (unpaired) electrons. The van der Waals surface area contributed by atoms with Gasteiger partial charge in [0.25, 0.3) is 5.91 Å². The zero-order valence-electron chi connectivity index (χ0n) is 15.3. The molecule has 1 saturated heterocycles. The standard InChI is InChI=1S/C18H22N4O5/c1-3-26-17(24)13-6-8-21(9-7-13)16(23)12(2)27-18(25)14-4-5-15-20-19-11-22(15)10-14/h4-5,10-13H,3,6-9H2,1-2H3. The van der Waals surface area contributed by atoms with Crippen molar-refractivity contribution in [2.45, 2.75) is 32.8 Å². The molecule has 1 fully saturated rings. The minimum absolute atomic E-state index is 0.178. The summed E-state index contributed by atoms with van der Waals surface area (Å²) in [4.78, 5) is 38.3. The van der Waals surface area contributed by atoms with Crippen LogP contribution in [0.2, 0.25) is 0 Å². The van der Waals surface area contributed by atoms with E-state index in [1.54, 1.807) is 41.5 Å². The maximum atomic E-state index is 12.5. The van der Waals surface area contributed by atoms with E-state index < -0.39 is 12.1 Å². The molecule has 9 heteroatoms. The number of aromatic nitrogens is 3. The van der Waals surface area contributed by atoms with Crippen molar-refractivity contribution in [2.75, 3.05) is 19.7 Å². The van der Waals surface area contributed by atoms with Crippen LogP contribution >= 0.6 is 0 Å². The average Bonchev–Trinajstić information content (AvgIpc) is 3.15. The van der Waals surface area contributed by atoms with E-state index in [2.05, 4.69) is 10.2 Å². The summed E-state index contributed by atoms with van der Waals surface area (Å²) >= 11 is 0. The Morgan fingerprint density at radius 2 is 2.00 bits per heavy atom. The highest BCUT2D eigenvalue weighted by Crippen LogP contribution is 2.20. The van der Waals surface area contributed by atoms with Crippen molar-refractivity contribution in [1.82, 2.24) is 19.5 Å². The molecule has 9 nitrogen and oxygen atoms in total. The minimum atomic E-state index is -0.909. The van der Waals surface area contributed by atoms with Gasteiger partial charge in [0.15, 0.2) is 11.8 Å². The molecule has 1 aliphatic heterocycles. The maximum Gasteiger partial charge on any atom is 0.340 e. The lowest BCUT2D eigenvalue weighted by Gasteiger charge is -2.32. The highest BCUT2D eigenvalue weighted by atomic mass is 16.5. The Hall–Kier alpha value is -2.97. The van der Waals surface area contributed by atoms with Crippen molar-refractivity contribution >= 4 is 23.5 Å². The van der Waals surface area contributed by atoms with Crippen molar-refractivity contribution < 1.29 is 23.9 Å². The topological polar surface area (TPSA) is 103 Å². The number of rotatable bonds is 5. The number of ether oxygens (including phenoxy) is 2. The van der Waals surface area contributed by atoms with Crippen LogP contribution in [0, 0.1) is 5.92 Å². The van der Waals surface area contributed by atoms with Crippen LogP contribution in [0.1, 0.15) is 37.0 Å². The number of hydrogen-bond acceptors (Lipinski definition) is 7. The van der Waals surface area contributed by atoms with E-state index >= 15 is 0 Å². The first kappa shape index (κ1) is 18.8. The number of carbonyl (C=O) groups is 3. The molecule has 3 heterocycles. The van der Waals surface area contributed by atoms with Crippen LogP contribution in [0.25, 0.3) is 5.65 Å². The van der Waals surface area contributed by atoms with Gasteiger partial charge in [-0.15, -0.1) is 10.2 Å². The van der Waals surface area contributed by atoms with Crippen LogP contribution in [-0.4, -0.2) is 63.1 Å². The number of pyridine rings is 1. The van der Waals surface area contributed by atoms with E-state index in [0.29, 0.717) is 43.7 Å². The number of fused-ring (bicyclic) bond motifs is 1. The SMILES string of the molecule is CCOC(=O)C1CCN(C(=O)C(C)OC(=O)c2ccc3nncn3c2)CC1. The van der Waals surface area contributed by atoms with Gasteiger partial charge in [-0.1, -0.05) is 0 Å². The molecule has 3 rings (SSSR count). The van der Waals surface area contributed by atoms with Gasteiger partial charge in [0.1, 0.15) is 6.33 Å². The van der Waals surface area contributed by atoms with Crippen LogP contribution in [0.3, 0.4) is 0 Å². The monoisotopic (exact) mass is 374 g/mol. The molecular weight excluding hydrogens is 352 g/mol. The second kappa shape index (κ2) is 8.15. The van der Waals surface area contributed by atoms with Gasteiger partial charge in [0.2, 0.25) is 0 Å². The quantitative estimate of drug-likeness (QED) is 0.721. The highest BCUT2D eigenvalue weighted by molar-refractivity contribution is 5.92. The molecule has 1 aliphatic rings. The zero-order valence-corrected chi connectivity index (χ0v) is 15.3. The first-order valence-electron chi connectivity index (χ1n) is 8.95. The summed E-state index contributed by atoms with van der Waals surface area (Å²) in [7, 11) is 0. The van der Waals surface area contributed by atoms with Crippen LogP contribution < -0.4 is 0 Å². The van der Waals surface area contributed by atoms with Gasteiger partial charge in [-0.05, 0) is 38.8 Å². The number of likely N-dealkylation sites (tertiary alicyclic amines) is 1. The summed E-state index contributed by atoms with van der Waals surface area (Å²) in [5.74, 6) is -1.25. The second-order valence-electron chi connectivity index (χ2n) is 6.41.